The molecule has 2 heterocycles. The van der Waals surface area contributed by atoms with Crippen LogP contribution in [0.4, 0.5) is 0 Å². The Bertz CT molecular complexity index is 620. The Morgan fingerprint density at radius 1 is 1.24 bits per heavy atom. The fourth-order valence-corrected chi connectivity index (χ4v) is 4.60. The Morgan fingerprint density at radius 2 is 1.90 bits per heavy atom. The summed E-state index contributed by atoms with van der Waals surface area (Å²) in [4.78, 5) is 0.175. The van der Waals surface area contributed by atoms with Crippen LogP contribution in [0, 0.1) is 0 Å². The van der Waals surface area contributed by atoms with Crippen molar-refractivity contribution in [2.45, 2.75) is 17.4 Å². The molecule has 2 N–H and O–H groups in total. The van der Waals surface area contributed by atoms with Crippen molar-refractivity contribution in [2.75, 3.05) is 26.3 Å². The summed E-state index contributed by atoms with van der Waals surface area (Å²) in [7, 11) is -3.58. The van der Waals surface area contributed by atoms with Gasteiger partial charge in [0.1, 0.15) is 18.1 Å². The van der Waals surface area contributed by atoms with Crippen molar-refractivity contribution in [2.24, 2.45) is 0 Å². The van der Waals surface area contributed by atoms with Gasteiger partial charge in [-0.3, -0.25) is 0 Å². The molecule has 1 fully saturated rings. The van der Waals surface area contributed by atoms with Crippen LogP contribution >= 0.6 is 28.3 Å². The molecule has 1 saturated heterocycles. The molecule has 1 aromatic rings. The molecule has 0 spiro atoms. The Labute approximate surface area is 138 Å². The van der Waals surface area contributed by atoms with Crippen molar-refractivity contribution in [1.29, 1.82) is 0 Å². The minimum Gasteiger partial charge on any atom is -0.486 e. The molecule has 1 unspecified atom stereocenters. The third-order valence-electron chi connectivity index (χ3n) is 3.27. The van der Waals surface area contributed by atoms with Gasteiger partial charge in [-0.05, 0) is 35.0 Å². The van der Waals surface area contributed by atoms with E-state index >= 15 is 0 Å². The molecule has 3 rings (SSSR count). The highest BCUT2D eigenvalue weighted by atomic mass is 79.9. The summed E-state index contributed by atoms with van der Waals surface area (Å²) in [6.45, 7) is 2.38. The molecule has 21 heavy (non-hydrogen) atoms. The zero-order chi connectivity index (χ0) is 14.2. The zero-order valence-electron chi connectivity index (χ0n) is 11.1. The molecule has 2 aliphatic heterocycles. The second-order valence-electron chi connectivity index (χ2n) is 4.74. The van der Waals surface area contributed by atoms with Gasteiger partial charge in [-0.25, -0.2) is 13.1 Å². The standard InChI is InChI=1S/C12H15BrN2O4S.ClH/c13-9-5-10-11(19-4-3-18-10)6-12(9)20(16,17)15-8-1-2-14-7-8;/h5-6,8,14-15H,1-4,7H2;1H. The normalized spacial score (nSPS) is 20.9. The van der Waals surface area contributed by atoms with Crippen LogP contribution in [0.1, 0.15) is 6.42 Å². The van der Waals surface area contributed by atoms with E-state index in [-0.39, 0.29) is 23.3 Å². The predicted octanol–water partition coefficient (Wildman–Crippen LogP) is 1.28. The van der Waals surface area contributed by atoms with E-state index in [0.717, 1.165) is 13.0 Å². The molecular weight excluding hydrogens is 384 g/mol. The molecule has 0 aromatic heterocycles. The maximum Gasteiger partial charge on any atom is 0.242 e. The highest BCUT2D eigenvalue weighted by molar-refractivity contribution is 9.10. The third-order valence-corrected chi connectivity index (χ3v) is 5.75. The average Bonchev–Trinajstić information content (AvgIpc) is 2.90. The van der Waals surface area contributed by atoms with Crippen molar-refractivity contribution in [1.82, 2.24) is 10.0 Å². The van der Waals surface area contributed by atoms with Gasteiger partial charge in [0, 0.05) is 23.1 Å². The van der Waals surface area contributed by atoms with Gasteiger partial charge in [-0.2, -0.15) is 0 Å². The predicted molar refractivity (Wildman–Crippen MR) is 84.0 cm³/mol. The van der Waals surface area contributed by atoms with E-state index in [2.05, 4.69) is 26.0 Å². The van der Waals surface area contributed by atoms with Crippen LogP contribution in [-0.4, -0.2) is 40.8 Å². The largest absolute Gasteiger partial charge is 0.486 e. The van der Waals surface area contributed by atoms with Gasteiger partial charge >= 0.3 is 0 Å². The summed E-state index contributed by atoms with van der Waals surface area (Å²) in [5, 5.41) is 3.13. The highest BCUT2D eigenvalue weighted by Crippen LogP contribution is 2.37. The van der Waals surface area contributed by atoms with Crippen molar-refractivity contribution >= 4 is 38.4 Å². The lowest BCUT2D eigenvalue weighted by Gasteiger charge is -2.20. The number of nitrogens with one attached hydrogen (secondary N) is 2. The van der Waals surface area contributed by atoms with Gasteiger partial charge in [0.05, 0.1) is 0 Å². The number of rotatable bonds is 3. The summed E-state index contributed by atoms with van der Waals surface area (Å²) in [5.41, 5.74) is 0. The highest BCUT2D eigenvalue weighted by Gasteiger charge is 2.26. The minimum atomic E-state index is -3.58. The molecule has 0 saturated carbocycles. The van der Waals surface area contributed by atoms with Crippen LogP contribution in [0.15, 0.2) is 21.5 Å². The molecule has 0 radical (unpaired) electrons. The van der Waals surface area contributed by atoms with E-state index in [1.54, 1.807) is 6.07 Å². The van der Waals surface area contributed by atoms with Gasteiger partial charge in [-0.15, -0.1) is 12.4 Å². The molecule has 0 aliphatic carbocycles. The molecule has 6 nitrogen and oxygen atoms in total. The van der Waals surface area contributed by atoms with Crippen molar-refractivity contribution < 1.29 is 17.9 Å². The monoisotopic (exact) mass is 398 g/mol. The van der Waals surface area contributed by atoms with Gasteiger partial charge in [0.15, 0.2) is 11.5 Å². The lowest BCUT2D eigenvalue weighted by molar-refractivity contribution is 0.171. The summed E-state index contributed by atoms with van der Waals surface area (Å²) in [5.74, 6) is 1.02. The fourth-order valence-electron chi connectivity index (χ4n) is 2.29. The first-order chi connectivity index (χ1) is 9.56. The Hall–Kier alpha value is -0.540. The number of ether oxygens (including phenoxy) is 2. The molecule has 1 aromatic carbocycles. The Balaban J connectivity index is 0.00000161. The lowest BCUT2D eigenvalue weighted by atomic mass is 10.3. The maximum absolute atomic E-state index is 12.4. The maximum atomic E-state index is 12.4. The number of sulfonamides is 1. The van der Waals surface area contributed by atoms with E-state index in [4.69, 9.17) is 9.47 Å². The summed E-state index contributed by atoms with van der Waals surface area (Å²) in [6.07, 6.45) is 0.793. The SMILES string of the molecule is Cl.O=S(=O)(NC1CCNC1)c1cc2c(cc1Br)OCCO2. The molecule has 9 heteroatoms. The van der Waals surface area contributed by atoms with Gasteiger partial charge in [-0.1, -0.05) is 0 Å². The van der Waals surface area contributed by atoms with Gasteiger partial charge in [0.25, 0.3) is 0 Å². The lowest BCUT2D eigenvalue weighted by Crippen LogP contribution is -2.36. The van der Waals surface area contributed by atoms with Crippen molar-refractivity contribution in [3.8, 4) is 11.5 Å². The minimum absolute atomic E-state index is 0. The molecule has 0 bridgehead atoms. The zero-order valence-corrected chi connectivity index (χ0v) is 14.3. The molecule has 1 atom stereocenters. The molecular formula is C12H16BrClN2O4S. The van der Waals surface area contributed by atoms with Crippen LogP contribution < -0.4 is 19.5 Å². The Morgan fingerprint density at radius 3 is 2.52 bits per heavy atom. The van der Waals surface area contributed by atoms with Crippen LogP contribution in [0.2, 0.25) is 0 Å². The first kappa shape index (κ1) is 16.8. The number of benzene rings is 1. The number of halogens is 2. The summed E-state index contributed by atoms with van der Waals surface area (Å²) in [6, 6.07) is 3.07. The quantitative estimate of drug-likeness (QED) is 0.801. The molecule has 0 amide bonds. The fraction of sp³-hybridized carbons (Fsp3) is 0.500. The van der Waals surface area contributed by atoms with Crippen LogP contribution in [0.5, 0.6) is 11.5 Å². The second kappa shape index (κ2) is 6.70. The number of fused-ring (bicyclic) bond motifs is 1. The van der Waals surface area contributed by atoms with Gasteiger partial charge in [0.2, 0.25) is 10.0 Å². The smallest absolute Gasteiger partial charge is 0.242 e. The molecule has 118 valence electrons. The van der Waals surface area contributed by atoms with E-state index < -0.39 is 10.0 Å². The van der Waals surface area contributed by atoms with Crippen molar-refractivity contribution in [3.63, 3.8) is 0 Å². The second-order valence-corrected chi connectivity index (χ2v) is 7.27. The van der Waals surface area contributed by atoms with Crippen molar-refractivity contribution in [3.05, 3.63) is 16.6 Å². The van der Waals surface area contributed by atoms with Gasteiger partial charge < -0.3 is 14.8 Å². The van der Waals surface area contributed by atoms with Crippen LogP contribution in [0.3, 0.4) is 0 Å². The van der Waals surface area contributed by atoms with Crippen LogP contribution in [-0.2, 0) is 10.0 Å². The van der Waals surface area contributed by atoms with E-state index in [1.165, 1.54) is 6.07 Å². The number of hydrogen-bond acceptors (Lipinski definition) is 5. The van der Waals surface area contributed by atoms with Crippen LogP contribution in [0.25, 0.3) is 0 Å². The molecule has 2 aliphatic rings. The summed E-state index contributed by atoms with van der Waals surface area (Å²) >= 11 is 3.29. The number of hydrogen-bond donors (Lipinski definition) is 2. The van der Waals surface area contributed by atoms with E-state index in [0.29, 0.717) is 35.7 Å². The topological polar surface area (TPSA) is 76.7 Å². The third kappa shape index (κ3) is 3.62. The van der Waals surface area contributed by atoms with E-state index in [9.17, 15) is 8.42 Å². The Kier molecular flexibility index (Phi) is 5.37. The first-order valence-corrected chi connectivity index (χ1v) is 8.66. The average molecular weight is 400 g/mol. The van der Waals surface area contributed by atoms with E-state index in [1.807, 2.05) is 0 Å². The first-order valence-electron chi connectivity index (χ1n) is 6.38. The summed E-state index contributed by atoms with van der Waals surface area (Å²) < 4.78 is 38.9.